The molecule has 2 unspecified atom stereocenters. The number of nitrogen functional groups attached to an aromatic ring is 1. The Morgan fingerprint density at radius 3 is 3.00 bits per heavy atom. The summed E-state index contributed by atoms with van der Waals surface area (Å²) < 4.78 is 6.82. The number of esters is 1. The zero-order chi connectivity index (χ0) is 13.1. The first-order valence-electron chi connectivity index (χ1n) is 6.52. The molecule has 100 valence electrons. The Kier molecular flexibility index (Phi) is 3.89. The van der Waals surface area contributed by atoms with Crippen molar-refractivity contribution in [3.63, 3.8) is 0 Å². The second kappa shape index (κ2) is 5.42. The van der Waals surface area contributed by atoms with Crippen LogP contribution >= 0.6 is 0 Å². The molecular formula is C13H21N3O2. The third-order valence-corrected chi connectivity index (χ3v) is 3.66. The minimum Gasteiger partial charge on any atom is -0.461 e. The van der Waals surface area contributed by atoms with Gasteiger partial charge in [0.25, 0.3) is 0 Å². The number of nitrogens with two attached hydrogens (primary N) is 1. The average molecular weight is 251 g/mol. The van der Waals surface area contributed by atoms with Gasteiger partial charge in [-0.05, 0) is 24.7 Å². The minimum atomic E-state index is -0.370. The molecular weight excluding hydrogens is 230 g/mol. The van der Waals surface area contributed by atoms with Crippen molar-refractivity contribution in [2.24, 2.45) is 18.9 Å². The Balaban J connectivity index is 1.88. The number of hydrogen-bond acceptors (Lipinski definition) is 4. The monoisotopic (exact) mass is 251 g/mol. The Morgan fingerprint density at radius 1 is 1.61 bits per heavy atom. The van der Waals surface area contributed by atoms with Gasteiger partial charge >= 0.3 is 5.97 Å². The van der Waals surface area contributed by atoms with Crippen molar-refractivity contribution < 1.29 is 9.53 Å². The van der Waals surface area contributed by atoms with E-state index in [-0.39, 0.29) is 5.97 Å². The van der Waals surface area contributed by atoms with Gasteiger partial charge in [-0.25, -0.2) is 4.79 Å². The fourth-order valence-electron chi connectivity index (χ4n) is 2.68. The van der Waals surface area contributed by atoms with E-state index < -0.39 is 0 Å². The van der Waals surface area contributed by atoms with Gasteiger partial charge in [0.1, 0.15) is 0 Å². The Hall–Kier alpha value is -1.52. The lowest BCUT2D eigenvalue weighted by Crippen LogP contribution is -2.21. The van der Waals surface area contributed by atoms with Crippen molar-refractivity contribution in [2.45, 2.75) is 32.6 Å². The minimum absolute atomic E-state index is 0.346. The molecule has 1 heterocycles. The van der Waals surface area contributed by atoms with E-state index in [0.717, 1.165) is 18.8 Å². The molecule has 5 heteroatoms. The zero-order valence-corrected chi connectivity index (χ0v) is 11.1. The van der Waals surface area contributed by atoms with Crippen LogP contribution < -0.4 is 5.73 Å². The molecule has 1 aliphatic carbocycles. The summed E-state index contributed by atoms with van der Waals surface area (Å²) in [6.07, 6.45) is 6.29. The van der Waals surface area contributed by atoms with Gasteiger partial charge in [0, 0.05) is 7.05 Å². The van der Waals surface area contributed by atoms with Crippen LogP contribution in [0.1, 0.15) is 43.1 Å². The molecule has 1 aromatic rings. The SMILES string of the molecule is CC1CCCC(COC(=O)c2c(N)cnn2C)C1. The van der Waals surface area contributed by atoms with Crippen molar-refractivity contribution >= 4 is 11.7 Å². The van der Waals surface area contributed by atoms with E-state index >= 15 is 0 Å². The van der Waals surface area contributed by atoms with E-state index in [1.54, 1.807) is 7.05 Å². The van der Waals surface area contributed by atoms with E-state index in [9.17, 15) is 4.79 Å². The third kappa shape index (κ3) is 2.83. The van der Waals surface area contributed by atoms with Crippen LogP contribution in [0.25, 0.3) is 0 Å². The van der Waals surface area contributed by atoms with Crippen molar-refractivity contribution in [2.75, 3.05) is 12.3 Å². The van der Waals surface area contributed by atoms with Gasteiger partial charge in [-0.15, -0.1) is 0 Å². The summed E-state index contributed by atoms with van der Waals surface area (Å²) in [6.45, 7) is 2.75. The molecule has 2 rings (SSSR count). The molecule has 0 aliphatic heterocycles. The molecule has 0 bridgehead atoms. The van der Waals surface area contributed by atoms with Crippen molar-refractivity contribution in [1.29, 1.82) is 0 Å². The molecule has 2 atom stereocenters. The summed E-state index contributed by atoms with van der Waals surface area (Å²) in [5.74, 6) is 0.863. The smallest absolute Gasteiger partial charge is 0.358 e. The molecule has 2 N–H and O–H groups in total. The molecule has 1 aromatic heterocycles. The molecule has 0 radical (unpaired) electrons. The number of ether oxygens (including phenoxy) is 1. The number of carbonyl (C=O) groups excluding carboxylic acids is 1. The van der Waals surface area contributed by atoms with Crippen LogP contribution in [0.5, 0.6) is 0 Å². The number of aromatic nitrogens is 2. The van der Waals surface area contributed by atoms with Crippen LogP contribution in [0.15, 0.2) is 6.20 Å². The van der Waals surface area contributed by atoms with Gasteiger partial charge in [-0.1, -0.05) is 19.8 Å². The number of aryl methyl sites for hydroxylation is 1. The van der Waals surface area contributed by atoms with E-state index in [4.69, 9.17) is 10.5 Å². The van der Waals surface area contributed by atoms with E-state index in [0.29, 0.717) is 23.9 Å². The van der Waals surface area contributed by atoms with Crippen LogP contribution in [-0.2, 0) is 11.8 Å². The highest BCUT2D eigenvalue weighted by atomic mass is 16.5. The second-order valence-corrected chi connectivity index (χ2v) is 5.31. The van der Waals surface area contributed by atoms with Crippen LogP contribution in [0.3, 0.4) is 0 Å². The predicted molar refractivity (Wildman–Crippen MR) is 69.0 cm³/mol. The topological polar surface area (TPSA) is 70.1 Å². The largest absolute Gasteiger partial charge is 0.461 e. The van der Waals surface area contributed by atoms with Crippen LogP contribution in [-0.4, -0.2) is 22.4 Å². The highest BCUT2D eigenvalue weighted by molar-refractivity contribution is 5.92. The summed E-state index contributed by atoms with van der Waals surface area (Å²) in [6, 6.07) is 0. The van der Waals surface area contributed by atoms with Gasteiger partial charge in [0.05, 0.1) is 18.5 Å². The van der Waals surface area contributed by atoms with Crippen LogP contribution in [0.4, 0.5) is 5.69 Å². The van der Waals surface area contributed by atoms with Gasteiger partial charge in [0.2, 0.25) is 0 Å². The maximum Gasteiger partial charge on any atom is 0.358 e. The molecule has 5 nitrogen and oxygen atoms in total. The van der Waals surface area contributed by atoms with Crippen LogP contribution in [0, 0.1) is 11.8 Å². The van der Waals surface area contributed by atoms with Crippen molar-refractivity contribution in [3.05, 3.63) is 11.9 Å². The average Bonchev–Trinajstić information content (AvgIpc) is 2.66. The van der Waals surface area contributed by atoms with E-state index in [2.05, 4.69) is 12.0 Å². The summed E-state index contributed by atoms with van der Waals surface area (Å²) in [5.41, 5.74) is 6.41. The quantitative estimate of drug-likeness (QED) is 0.834. The second-order valence-electron chi connectivity index (χ2n) is 5.31. The number of anilines is 1. The first-order valence-corrected chi connectivity index (χ1v) is 6.52. The standard InChI is InChI=1S/C13H21N3O2/c1-9-4-3-5-10(6-9)8-18-13(17)12-11(14)7-15-16(12)2/h7,9-10H,3-6,8,14H2,1-2H3. The van der Waals surface area contributed by atoms with Gasteiger partial charge < -0.3 is 10.5 Å². The van der Waals surface area contributed by atoms with Crippen molar-refractivity contribution in [3.8, 4) is 0 Å². The van der Waals surface area contributed by atoms with Gasteiger partial charge in [-0.2, -0.15) is 5.10 Å². The molecule has 18 heavy (non-hydrogen) atoms. The molecule has 0 saturated heterocycles. The summed E-state index contributed by atoms with van der Waals surface area (Å²) in [4.78, 5) is 11.9. The normalized spacial score (nSPS) is 23.9. The fraction of sp³-hybridized carbons (Fsp3) is 0.692. The van der Waals surface area contributed by atoms with Gasteiger partial charge in [0.15, 0.2) is 5.69 Å². The van der Waals surface area contributed by atoms with Crippen molar-refractivity contribution in [1.82, 2.24) is 9.78 Å². The summed E-state index contributed by atoms with van der Waals surface area (Å²) >= 11 is 0. The summed E-state index contributed by atoms with van der Waals surface area (Å²) in [7, 11) is 1.69. The lowest BCUT2D eigenvalue weighted by atomic mass is 9.83. The Morgan fingerprint density at radius 2 is 2.39 bits per heavy atom. The lowest BCUT2D eigenvalue weighted by Gasteiger charge is -2.26. The highest BCUT2D eigenvalue weighted by Crippen LogP contribution is 2.28. The maximum absolute atomic E-state index is 11.9. The Labute approximate surface area is 107 Å². The van der Waals surface area contributed by atoms with Gasteiger partial charge in [-0.3, -0.25) is 4.68 Å². The molecule has 0 amide bonds. The fourth-order valence-corrected chi connectivity index (χ4v) is 2.68. The predicted octanol–water partition coefficient (Wildman–Crippen LogP) is 1.99. The Bertz CT molecular complexity index is 408. The molecule has 0 aromatic carbocycles. The maximum atomic E-state index is 11.9. The molecule has 1 aliphatic rings. The van der Waals surface area contributed by atoms with Crippen LogP contribution in [0.2, 0.25) is 0 Å². The zero-order valence-electron chi connectivity index (χ0n) is 11.1. The summed E-state index contributed by atoms with van der Waals surface area (Å²) in [5, 5.41) is 3.93. The van der Waals surface area contributed by atoms with E-state index in [1.807, 2.05) is 0 Å². The highest BCUT2D eigenvalue weighted by Gasteiger charge is 2.22. The number of nitrogens with zero attached hydrogens (tertiary/aromatic N) is 2. The molecule has 0 spiro atoms. The number of carbonyl (C=O) groups is 1. The third-order valence-electron chi connectivity index (χ3n) is 3.66. The molecule has 1 saturated carbocycles. The first-order chi connectivity index (χ1) is 8.58. The molecule has 1 fully saturated rings. The first kappa shape index (κ1) is 12.9. The number of rotatable bonds is 3. The van der Waals surface area contributed by atoms with E-state index in [1.165, 1.54) is 23.7 Å². The lowest BCUT2D eigenvalue weighted by molar-refractivity contribution is 0.0379. The number of hydrogen-bond donors (Lipinski definition) is 1.